The number of fused-ring (bicyclic) bond motifs is 1. The van der Waals surface area contributed by atoms with Crippen molar-refractivity contribution in [1.29, 1.82) is 0 Å². The Balaban J connectivity index is 2.05. The van der Waals surface area contributed by atoms with E-state index in [2.05, 4.69) is 81.0 Å². The van der Waals surface area contributed by atoms with Crippen LogP contribution in [-0.4, -0.2) is 26.1 Å². The van der Waals surface area contributed by atoms with Gasteiger partial charge in [-0.2, -0.15) is 0 Å². The molecule has 0 radical (unpaired) electrons. The van der Waals surface area contributed by atoms with E-state index in [-0.39, 0.29) is 11.0 Å². The fourth-order valence-electron chi connectivity index (χ4n) is 4.17. The first-order chi connectivity index (χ1) is 12.6. The predicted molar refractivity (Wildman–Crippen MR) is 117 cm³/mol. The topological polar surface area (TPSA) is 61.0 Å². The Morgan fingerprint density at radius 2 is 1.48 bits per heavy atom. The van der Waals surface area contributed by atoms with E-state index in [1.165, 1.54) is 16.3 Å². The summed E-state index contributed by atoms with van der Waals surface area (Å²) in [7, 11) is 0.727. The van der Waals surface area contributed by atoms with Crippen LogP contribution in [0.4, 0.5) is 5.95 Å². The number of nitrogens with zero attached hydrogens (tertiary/aromatic N) is 2. The number of hydrogen-bond acceptors (Lipinski definition) is 4. The molecule has 5 heteroatoms. The Hall–Kier alpha value is -2.24. The van der Waals surface area contributed by atoms with Crippen molar-refractivity contribution >= 4 is 27.2 Å². The Morgan fingerprint density at radius 1 is 0.889 bits per heavy atom. The van der Waals surface area contributed by atoms with Gasteiger partial charge in [-0.3, -0.25) is 0 Å². The summed E-state index contributed by atoms with van der Waals surface area (Å²) in [6.07, 6.45) is 3.52. The van der Waals surface area contributed by atoms with E-state index in [9.17, 15) is 0 Å². The number of hydrogen-bond donors (Lipinski definition) is 1. The molecular weight excluding hydrogens is 350 g/mol. The fraction of sp³-hybridized carbons (Fsp3) is 0.364. The van der Waals surface area contributed by atoms with Crippen molar-refractivity contribution in [2.24, 2.45) is 5.41 Å². The van der Waals surface area contributed by atoms with E-state index in [0.717, 1.165) is 21.6 Å². The van der Waals surface area contributed by atoms with Gasteiger partial charge in [0.1, 0.15) is 10.5 Å². The number of nitrogen functional groups attached to an aromatic ring is 1. The zero-order valence-electron chi connectivity index (χ0n) is 17.1. The van der Waals surface area contributed by atoms with Crippen LogP contribution in [-0.2, 0) is 4.43 Å². The molecule has 27 heavy (non-hydrogen) atoms. The van der Waals surface area contributed by atoms with Crippen LogP contribution < -0.4 is 5.73 Å². The van der Waals surface area contributed by atoms with Crippen LogP contribution in [0.25, 0.3) is 21.9 Å². The van der Waals surface area contributed by atoms with Crippen LogP contribution in [0.3, 0.4) is 0 Å². The second-order valence-electron chi connectivity index (χ2n) is 8.76. The lowest BCUT2D eigenvalue weighted by Gasteiger charge is -2.43. The third-order valence-electron chi connectivity index (χ3n) is 5.29. The maximum Gasteiger partial charge on any atom is 0.219 e. The molecule has 0 saturated heterocycles. The molecule has 0 aliphatic heterocycles. The van der Waals surface area contributed by atoms with Gasteiger partial charge in [0, 0.05) is 23.9 Å². The van der Waals surface area contributed by atoms with Crippen molar-refractivity contribution < 1.29 is 4.43 Å². The van der Waals surface area contributed by atoms with E-state index < -0.39 is 0 Å². The summed E-state index contributed by atoms with van der Waals surface area (Å²) in [5.41, 5.74) is 8.87. The lowest BCUT2D eigenvalue weighted by Crippen LogP contribution is -2.39. The first-order valence-electron chi connectivity index (χ1n) is 9.28. The van der Waals surface area contributed by atoms with E-state index in [1.54, 1.807) is 12.4 Å². The average molecular weight is 380 g/mol. The van der Waals surface area contributed by atoms with Gasteiger partial charge in [-0.1, -0.05) is 51.1 Å². The van der Waals surface area contributed by atoms with E-state index in [1.807, 2.05) is 0 Å². The molecule has 4 nitrogen and oxygen atoms in total. The summed E-state index contributed by atoms with van der Waals surface area (Å²) in [6.45, 7) is 11.3. The minimum atomic E-state index is -0.195. The van der Waals surface area contributed by atoms with Crippen molar-refractivity contribution in [2.75, 3.05) is 5.73 Å². The number of aromatic nitrogens is 2. The highest BCUT2D eigenvalue weighted by Gasteiger charge is 2.39. The smallest absolute Gasteiger partial charge is 0.219 e. The highest BCUT2D eigenvalue weighted by Crippen LogP contribution is 2.45. The van der Waals surface area contributed by atoms with Gasteiger partial charge in [-0.25, -0.2) is 9.97 Å². The van der Waals surface area contributed by atoms with Gasteiger partial charge in [0.15, 0.2) is 0 Å². The monoisotopic (exact) mass is 379 g/mol. The van der Waals surface area contributed by atoms with Gasteiger partial charge in [0.05, 0.1) is 5.60 Å². The van der Waals surface area contributed by atoms with Crippen LogP contribution >= 0.6 is 0 Å². The van der Waals surface area contributed by atoms with Gasteiger partial charge in [0.2, 0.25) is 5.95 Å². The van der Waals surface area contributed by atoms with Crippen LogP contribution in [0.2, 0.25) is 0 Å². The molecule has 0 fully saturated rings. The normalized spacial score (nSPS) is 13.8. The molecule has 0 saturated carbocycles. The zero-order chi connectivity index (χ0) is 19.8. The van der Waals surface area contributed by atoms with Crippen LogP contribution in [0.15, 0.2) is 48.8 Å². The second kappa shape index (κ2) is 7.06. The van der Waals surface area contributed by atoms with E-state index in [0.29, 0.717) is 11.9 Å². The molecule has 0 bridgehead atoms. The molecule has 2 aromatic carbocycles. The molecule has 1 heterocycles. The van der Waals surface area contributed by atoms with Crippen molar-refractivity contribution in [3.8, 4) is 11.1 Å². The summed E-state index contributed by atoms with van der Waals surface area (Å²) in [6, 6.07) is 13.2. The van der Waals surface area contributed by atoms with E-state index >= 15 is 0 Å². The summed E-state index contributed by atoms with van der Waals surface area (Å²) in [5, 5.41) is 2.43. The molecule has 0 aliphatic carbocycles. The van der Waals surface area contributed by atoms with Gasteiger partial charge < -0.3 is 10.2 Å². The Kier molecular flexibility index (Phi) is 5.10. The highest BCUT2D eigenvalue weighted by atomic mass is 28.2. The number of anilines is 1. The minimum Gasteiger partial charge on any atom is -0.422 e. The Labute approximate surface area is 164 Å². The van der Waals surface area contributed by atoms with Gasteiger partial charge >= 0.3 is 0 Å². The first-order valence-corrected chi connectivity index (χ1v) is 10.1. The van der Waals surface area contributed by atoms with Crippen LogP contribution in [0.5, 0.6) is 0 Å². The van der Waals surface area contributed by atoms with Gasteiger partial charge in [-0.15, -0.1) is 0 Å². The molecule has 3 aromatic rings. The summed E-state index contributed by atoms with van der Waals surface area (Å²) < 4.78 is 5.99. The standard InChI is InChI=1S/C22H29N3OSi/c1-21(2,3)19(22(4,5)26-27)17-9-8-14-10-16(7-6-15(14)11-17)18-12-24-20(23)25-13-18/h6-13,19H,1-5,27H3,(H2,23,24,25). The molecule has 2 N–H and O–H groups in total. The van der Waals surface area contributed by atoms with Crippen molar-refractivity contribution in [3.05, 3.63) is 54.4 Å². The van der Waals surface area contributed by atoms with E-state index in [4.69, 9.17) is 10.2 Å². The molecule has 1 aromatic heterocycles. The quantitative estimate of drug-likeness (QED) is 0.694. The van der Waals surface area contributed by atoms with Crippen LogP contribution in [0, 0.1) is 5.41 Å². The molecule has 0 amide bonds. The van der Waals surface area contributed by atoms with Crippen LogP contribution in [0.1, 0.15) is 46.1 Å². The zero-order valence-corrected chi connectivity index (χ0v) is 19.1. The second-order valence-corrected chi connectivity index (χ2v) is 9.17. The van der Waals surface area contributed by atoms with Gasteiger partial charge in [-0.05, 0) is 47.2 Å². The summed E-state index contributed by atoms with van der Waals surface area (Å²) in [4.78, 5) is 8.18. The number of rotatable bonds is 4. The third-order valence-corrected chi connectivity index (χ3v) is 6.34. The molecule has 1 unspecified atom stereocenters. The largest absolute Gasteiger partial charge is 0.422 e. The molecular formula is C22H29N3OSi. The lowest BCUT2D eigenvalue weighted by atomic mass is 9.68. The average Bonchev–Trinajstić information content (AvgIpc) is 2.60. The number of benzene rings is 2. The van der Waals surface area contributed by atoms with Crippen molar-refractivity contribution in [3.63, 3.8) is 0 Å². The Bertz CT molecular complexity index is 946. The molecule has 0 aliphatic rings. The van der Waals surface area contributed by atoms with Crippen molar-refractivity contribution in [1.82, 2.24) is 9.97 Å². The van der Waals surface area contributed by atoms with Crippen molar-refractivity contribution in [2.45, 2.75) is 46.1 Å². The fourth-order valence-corrected chi connectivity index (χ4v) is 4.41. The molecule has 3 rings (SSSR count). The predicted octanol–water partition coefficient (Wildman–Crippen LogP) is 4.08. The van der Waals surface area contributed by atoms with Gasteiger partial charge in [0.25, 0.3) is 0 Å². The summed E-state index contributed by atoms with van der Waals surface area (Å²) in [5.74, 6) is 0.596. The maximum atomic E-state index is 5.99. The minimum absolute atomic E-state index is 0.100. The number of nitrogens with two attached hydrogens (primary N) is 1. The molecule has 1 atom stereocenters. The first kappa shape index (κ1) is 19.5. The molecule has 142 valence electrons. The highest BCUT2D eigenvalue weighted by molar-refractivity contribution is 5.98. The SMILES string of the molecule is CC(C)(C)C(c1ccc2cc(-c3cnc(N)nc3)ccc2c1)C(C)(C)O[SiH3]. The molecule has 0 spiro atoms. The Morgan fingerprint density at radius 3 is 2.07 bits per heavy atom. The third kappa shape index (κ3) is 4.04. The lowest BCUT2D eigenvalue weighted by molar-refractivity contribution is 0.0405. The maximum absolute atomic E-state index is 5.99. The summed E-state index contributed by atoms with van der Waals surface area (Å²) >= 11 is 0.